The zero-order chi connectivity index (χ0) is 14.1. The van der Waals surface area contributed by atoms with E-state index in [1.165, 1.54) is 24.3 Å². The number of halogens is 3. The molecule has 0 aliphatic rings. The van der Waals surface area contributed by atoms with Crippen LogP contribution in [0, 0.1) is 0 Å². The Bertz CT molecular complexity index is 552. The van der Waals surface area contributed by atoms with Gasteiger partial charge in [0.15, 0.2) is 7.85 Å². The Morgan fingerprint density at radius 1 is 1.00 bits per heavy atom. The van der Waals surface area contributed by atoms with Crippen LogP contribution in [-0.4, -0.2) is 24.1 Å². The third-order valence-electron chi connectivity index (χ3n) is 2.96. The molecule has 1 atom stereocenters. The number of hydrogen-bond donors (Lipinski definition) is 1. The Kier molecular flexibility index (Phi) is 3.37. The van der Waals surface area contributed by atoms with Crippen molar-refractivity contribution in [2.75, 3.05) is 0 Å². The summed E-state index contributed by atoms with van der Waals surface area (Å²) in [5.74, 6) is 0. The first-order chi connectivity index (χ1) is 8.82. The minimum Gasteiger partial charge on any atom is -0.385 e. The van der Waals surface area contributed by atoms with E-state index >= 15 is 0 Å². The van der Waals surface area contributed by atoms with Crippen molar-refractivity contribution in [3.8, 4) is 11.3 Å². The van der Waals surface area contributed by atoms with Gasteiger partial charge in [0, 0.05) is 11.8 Å². The van der Waals surface area contributed by atoms with Crippen LogP contribution in [0.2, 0.25) is 0 Å². The summed E-state index contributed by atoms with van der Waals surface area (Å²) in [7, 11) is 0.739. The van der Waals surface area contributed by atoms with Crippen LogP contribution in [0.1, 0.15) is 5.56 Å². The number of aromatic nitrogens is 1. The average Bonchev–Trinajstić information content (AvgIpc) is 2.39. The van der Waals surface area contributed by atoms with Gasteiger partial charge in [-0.05, 0) is 17.7 Å². The van der Waals surface area contributed by atoms with Crippen LogP contribution < -0.4 is 0 Å². The second-order valence-electron chi connectivity index (χ2n) is 4.36. The Morgan fingerprint density at radius 3 is 2.11 bits per heavy atom. The first kappa shape index (κ1) is 13.6. The minimum atomic E-state index is -4.71. The summed E-state index contributed by atoms with van der Waals surface area (Å²) in [6, 6.07) is 10.9. The van der Waals surface area contributed by atoms with Gasteiger partial charge in [0.2, 0.25) is 0 Å². The monoisotopic (exact) mass is 265 g/mol. The van der Waals surface area contributed by atoms with Gasteiger partial charge in [0.1, 0.15) is 5.50 Å². The fourth-order valence-electron chi connectivity index (χ4n) is 1.66. The first-order valence-corrected chi connectivity index (χ1v) is 5.63. The molecule has 0 aliphatic carbocycles. The van der Waals surface area contributed by atoms with Gasteiger partial charge in [-0.2, -0.15) is 13.2 Å². The molecule has 98 valence electrons. The highest BCUT2D eigenvalue weighted by molar-refractivity contribution is 6.15. The maximum absolute atomic E-state index is 12.7. The molecule has 0 radical (unpaired) electrons. The normalized spacial score (nSPS) is 14.9. The van der Waals surface area contributed by atoms with E-state index in [1.807, 2.05) is 0 Å². The number of rotatable bonds is 2. The number of pyridine rings is 1. The van der Waals surface area contributed by atoms with Crippen LogP contribution >= 0.6 is 0 Å². The van der Waals surface area contributed by atoms with E-state index in [0.29, 0.717) is 11.3 Å². The van der Waals surface area contributed by atoms with E-state index in [0.717, 1.165) is 7.85 Å². The molecule has 1 aromatic carbocycles. The fourth-order valence-corrected chi connectivity index (χ4v) is 1.66. The summed E-state index contributed by atoms with van der Waals surface area (Å²) in [6.45, 7) is 0. The topological polar surface area (TPSA) is 33.1 Å². The Morgan fingerprint density at radius 2 is 1.63 bits per heavy atom. The summed E-state index contributed by atoms with van der Waals surface area (Å²) in [4.78, 5) is 4.10. The number of aliphatic hydroxyl groups is 1. The number of benzene rings is 1. The van der Waals surface area contributed by atoms with Crippen molar-refractivity contribution >= 4 is 7.85 Å². The van der Waals surface area contributed by atoms with Crippen molar-refractivity contribution in [1.29, 1.82) is 0 Å². The molecule has 0 spiro atoms. The zero-order valence-electron chi connectivity index (χ0n) is 10.1. The maximum atomic E-state index is 12.7. The Hall–Kier alpha value is -1.82. The van der Waals surface area contributed by atoms with Crippen molar-refractivity contribution in [3.05, 3.63) is 54.2 Å². The highest BCUT2D eigenvalue weighted by atomic mass is 19.4. The molecule has 0 amide bonds. The quantitative estimate of drug-likeness (QED) is 0.843. The van der Waals surface area contributed by atoms with E-state index in [1.54, 1.807) is 24.4 Å². The van der Waals surface area contributed by atoms with Crippen LogP contribution in [0.4, 0.5) is 13.2 Å². The van der Waals surface area contributed by atoms with Crippen molar-refractivity contribution in [3.63, 3.8) is 0 Å². The van der Waals surface area contributed by atoms with E-state index in [9.17, 15) is 18.3 Å². The molecule has 1 unspecified atom stereocenters. The number of hydrogen-bond acceptors (Lipinski definition) is 2. The van der Waals surface area contributed by atoms with Gasteiger partial charge < -0.3 is 5.11 Å². The lowest BCUT2D eigenvalue weighted by atomic mass is 9.75. The van der Waals surface area contributed by atoms with Gasteiger partial charge >= 0.3 is 6.18 Å². The van der Waals surface area contributed by atoms with Crippen molar-refractivity contribution in [1.82, 2.24) is 4.98 Å². The van der Waals surface area contributed by atoms with Crippen LogP contribution in [0.25, 0.3) is 11.3 Å². The van der Waals surface area contributed by atoms with Gasteiger partial charge in [-0.25, -0.2) is 0 Å². The number of alkyl halides is 3. The molecule has 0 aliphatic heterocycles. The van der Waals surface area contributed by atoms with Gasteiger partial charge in [-0.15, -0.1) is 0 Å². The molecule has 0 fully saturated rings. The zero-order valence-corrected chi connectivity index (χ0v) is 10.1. The van der Waals surface area contributed by atoms with E-state index < -0.39 is 11.7 Å². The highest BCUT2D eigenvalue weighted by Crippen LogP contribution is 2.36. The molecule has 0 saturated carbocycles. The number of nitrogens with zero attached hydrogens (tertiary/aromatic N) is 1. The average molecular weight is 265 g/mol. The molecule has 0 saturated heterocycles. The van der Waals surface area contributed by atoms with Gasteiger partial charge in [-0.1, -0.05) is 30.3 Å². The molecule has 2 rings (SSSR count). The molecule has 6 heteroatoms. The van der Waals surface area contributed by atoms with Gasteiger partial charge in [0.25, 0.3) is 0 Å². The highest BCUT2D eigenvalue weighted by Gasteiger charge is 2.50. The largest absolute Gasteiger partial charge is 0.413 e. The smallest absolute Gasteiger partial charge is 0.385 e. The lowest BCUT2D eigenvalue weighted by molar-refractivity contribution is -0.229. The van der Waals surface area contributed by atoms with Crippen molar-refractivity contribution in [2.45, 2.75) is 11.7 Å². The van der Waals surface area contributed by atoms with E-state index in [2.05, 4.69) is 4.98 Å². The molecule has 2 aromatic rings. The Labute approximate surface area is 109 Å². The molecule has 1 heterocycles. The molecule has 1 aromatic heterocycles. The lowest BCUT2D eigenvalue weighted by Crippen LogP contribution is -2.42. The van der Waals surface area contributed by atoms with Crippen LogP contribution in [0.5, 0.6) is 0 Å². The minimum absolute atomic E-state index is 0.195. The van der Waals surface area contributed by atoms with Crippen molar-refractivity contribution in [2.24, 2.45) is 0 Å². The van der Waals surface area contributed by atoms with Crippen LogP contribution in [-0.2, 0) is 5.50 Å². The predicted octanol–water partition coefficient (Wildman–Crippen LogP) is 2.09. The SMILES string of the molecule is BC(O)(c1ccc(-c2ccccn2)cc1)C(F)(F)F. The summed E-state index contributed by atoms with van der Waals surface area (Å²) in [5.41, 5.74) is -1.68. The maximum Gasteiger partial charge on any atom is 0.413 e. The van der Waals surface area contributed by atoms with Crippen molar-refractivity contribution < 1.29 is 18.3 Å². The van der Waals surface area contributed by atoms with Gasteiger partial charge in [-0.3, -0.25) is 4.98 Å². The molecular formula is C13H11BF3NO. The summed E-state index contributed by atoms with van der Waals surface area (Å²) in [5, 5.41) is 9.54. The third-order valence-corrected chi connectivity index (χ3v) is 2.96. The second kappa shape index (κ2) is 4.70. The van der Waals surface area contributed by atoms with E-state index in [-0.39, 0.29) is 5.56 Å². The molecular weight excluding hydrogens is 254 g/mol. The summed E-state index contributed by atoms with van der Waals surface area (Å²) < 4.78 is 38.0. The van der Waals surface area contributed by atoms with Crippen LogP contribution in [0.15, 0.2) is 48.7 Å². The Balaban J connectivity index is 2.35. The van der Waals surface area contributed by atoms with E-state index in [4.69, 9.17) is 0 Å². The molecule has 19 heavy (non-hydrogen) atoms. The summed E-state index contributed by atoms with van der Waals surface area (Å²) >= 11 is 0. The molecule has 0 bridgehead atoms. The molecule has 1 N–H and O–H groups in total. The third kappa shape index (κ3) is 2.63. The molecule has 2 nitrogen and oxygen atoms in total. The van der Waals surface area contributed by atoms with Gasteiger partial charge in [0.05, 0.1) is 5.69 Å². The van der Waals surface area contributed by atoms with Crippen LogP contribution in [0.3, 0.4) is 0 Å². The summed E-state index contributed by atoms with van der Waals surface area (Å²) in [6.07, 6.45) is -3.10. The first-order valence-electron chi connectivity index (χ1n) is 5.63. The second-order valence-corrected chi connectivity index (χ2v) is 4.36. The predicted molar refractivity (Wildman–Crippen MR) is 68.2 cm³/mol. The fraction of sp³-hybridized carbons (Fsp3) is 0.154. The lowest BCUT2D eigenvalue weighted by Gasteiger charge is -2.27. The standard InChI is InChI=1S/C13H11BF3NO/c14-12(19,13(15,16)17)10-6-4-9(5-7-10)11-3-1-2-8-18-11/h1-8,19H,14H2.